The highest BCUT2D eigenvalue weighted by molar-refractivity contribution is 7.89. The Labute approximate surface area is 231 Å². The van der Waals surface area contributed by atoms with Crippen molar-refractivity contribution in [2.45, 2.75) is 56.6 Å². The molecular formula is C31H38N2O5S. The van der Waals surface area contributed by atoms with Crippen LogP contribution in [-0.4, -0.2) is 60.7 Å². The van der Waals surface area contributed by atoms with Gasteiger partial charge in [-0.15, -0.1) is 0 Å². The molecule has 7 nitrogen and oxygen atoms in total. The average Bonchev–Trinajstić information content (AvgIpc) is 3.29. The number of rotatable bonds is 11. The van der Waals surface area contributed by atoms with Crippen LogP contribution in [0.25, 0.3) is 11.1 Å². The van der Waals surface area contributed by atoms with Crippen molar-refractivity contribution >= 4 is 16.0 Å². The van der Waals surface area contributed by atoms with Crippen molar-refractivity contribution in [2.75, 3.05) is 20.1 Å². The predicted molar refractivity (Wildman–Crippen MR) is 153 cm³/mol. The lowest BCUT2D eigenvalue weighted by Gasteiger charge is -2.31. The minimum atomic E-state index is -3.87. The number of carbonyl (C=O) groups is 1. The van der Waals surface area contributed by atoms with E-state index in [4.69, 9.17) is 0 Å². The standard InChI is InChI=1S/C31H38N2O5S/c1-21-12-13-26(17-29(21)30(35)36)25-10-7-11-28(16-25)39(37,38)33(4)20-27(34)19-32-31(2,3)18-22-14-23-8-5-6-9-24(23)15-22/h5-13,16-17,22,27,32,34H,14-15,18-20H2,1-4H3,(H,35,36). The van der Waals surface area contributed by atoms with E-state index in [2.05, 4.69) is 43.4 Å². The van der Waals surface area contributed by atoms with Crippen LogP contribution in [0.4, 0.5) is 0 Å². The molecule has 0 amide bonds. The molecule has 3 N–H and O–H groups in total. The van der Waals surface area contributed by atoms with Crippen LogP contribution in [-0.2, 0) is 22.9 Å². The molecule has 0 saturated carbocycles. The summed E-state index contributed by atoms with van der Waals surface area (Å²) >= 11 is 0. The van der Waals surface area contributed by atoms with Gasteiger partial charge in [-0.3, -0.25) is 0 Å². The van der Waals surface area contributed by atoms with Gasteiger partial charge in [0.15, 0.2) is 0 Å². The van der Waals surface area contributed by atoms with Crippen molar-refractivity contribution in [2.24, 2.45) is 5.92 Å². The minimum Gasteiger partial charge on any atom is -0.478 e. The van der Waals surface area contributed by atoms with E-state index >= 15 is 0 Å². The number of nitrogens with one attached hydrogen (secondary N) is 1. The zero-order chi connectivity index (χ0) is 28.4. The molecule has 0 heterocycles. The number of β-amino-alcohol motifs (C(OH)–C–C–N with tert-alkyl or cyclic N) is 1. The van der Waals surface area contributed by atoms with Crippen LogP contribution in [0.15, 0.2) is 71.6 Å². The Morgan fingerprint density at radius 1 is 1.03 bits per heavy atom. The highest BCUT2D eigenvalue weighted by Gasteiger charge is 2.29. The number of aliphatic hydroxyl groups is 1. The summed E-state index contributed by atoms with van der Waals surface area (Å²) in [6.45, 7) is 6.18. The number of aromatic carboxylic acids is 1. The number of likely N-dealkylation sites (N-methyl/N-ethyl adjacent to an activating group) is 1. The lowest BCUT2D eigenvalue weighted by atomic mass is 9.88. The largest absolute Gasteiger partial charge is 0.478 e. The van der Waals surface area contributed by atoms with Crippen LogP contribution >= 0.6 is 0 Å². The molecule has 8 heteroatoms. The second-order valence-electron chi connectivity index (χ2n) is 11.3. The van der Waals surface area contributed by atoms with E-state index < -0.39 is 22.1 Å². The van der Waals surface area contributed by atoms with Gasteiger partial charge in [0.1, 0.15) is 0 Å². The van der Waals surface area contributed by atoms with Crippen molar-refractivity contribution in [1.29, 1.82) is 0 Å². The molecule has 1 atom stereocenters. The first-order valence-corrected chi connectivity index (χ1v) is 14.7. The van der Waals surface area contributed by atoms with E-state index in [1.54, 1.807) is 37.3 Å². The molecule has 1 aliphatic rings. The number of fused-ring (bicyclic) bond motifs is 1. The molecule has 0 saturated heterocycles. The van der Waals surface area contributed by atoms with Crippen LogP contribution in [0.1, 0.15) is 47.3 Å². The van der Waals surface area contributed by atoms with E-state index in [0.29, 0.717) is 22.6 Å². The zero-order valence-corrected chi connectivity index (χ0v) is 23.8. The molecule has 4 rings (SSSR count). The quantitative estimate of drug-likeness (QED) is 0.324. The molecule has 0 spiro atoms. The Morgan fingerprint density at radius 2 is 1.67 bits per heavy atom. The van der Waals surface area contributed by atoms with Gasteiger partial charge in [0, 0.05) is 25.7 Å². The smallest absolute Gasteiger partial charge is 0.335 e. The molecule has 0 aromatic heterocycles. The van der Waals surface area contributed by atoms with Crippen LogP contribution in [0.3, 0.4) is 0 Å². The van der Waals surface area contributed by atoms with Gasteiger partial charge in [-0.1, -0.05) is 48.5 Å². The first-order chi connectivity index (χ1) is 18.4. The SMILES string of the molecule is Cc1ccc(-c2cccc(S(=O)(=O)N(C)CC(O)CNC(C)(C)CC3Cc4ccccc4C3)c2)cc1C(=O)O. The van der Waals surface area contributed by atoms with E-state index in [1.165, 1.54) is 30.3 Å². The summed E-state index contributed by atoms with van der Waals surface area (Å²) in [5.74, 6) is -0.491. The summed E-state index contributed by atoms with van der Waals surface area (Å²) in [6, 6.07) is 20.0. The van der Waals surface area contributed by atoms with Crippen molar-refractivity contribution in [1.82, 2.24) is 9.62 Å². The first-order valence-electron chi connectivity index (χ1n) is 13.3. The highest BCUT2D eigenvalue weighted by Crippen LogP contribution is 2.32. The van der Waals surface area contributed by atoms with Crippen molar-refractivity contribution in [3.8, 4) is 11.1 Å². The van der Waals surface area contributed by atoms with Gasteiger partial charge < -0.3 is 15.5 Å². The van der Waals surface area contributed by atoms with Gasteiger partial charge in [0.2, 0.25) is 10.0 Å². The lowest BCUT2D eigenvalue weighted by Crippen LogP contribution is -2.47. The summed E-state index contributed by atoms with van der Waals surface area (Å²) in [4.78, 5) is 11.6. The molecule has 1 aliphatic carbocycles. The Kier molecular flexibility index (Phi) is 8.61. The molecular weight excluding hydrogens is 512 g/mol. The van der Waals surface area contributed by atoms with Crippen molar-refractivity contribution < 1.29 is 23.4 Å². The maximum Gasteiger partial charge on any atom is 0.335 e. The molecule has 3 aromatic rings. The maximum atomic E-state index is 13.3. The van der Waals surface area contributed by atoms with Crippen LogP contribution in [0, 0.1) is 12.8 Å². The van der Waals surface area contributed by atoms with Gasteiger partial charge >= 0.3 is 5.97 Å². The molecule has 0 fully saturated rings. The van der Waals surface area contributed by atoms with Crippen molar-refractivity contribution in [3.63, 3.8) is 0 Å². The van der Waals surface area contributed by atoms with Gasteiger partial charge in [0.25, 0.3) is 0 Å². The fourth-order valence-corrected chi connectivity index (χ4v) is 6.74. The summed E-state index contributed by atoms with van der Waals surface area (Å²) in [5, 5.41) is 23.6. The second kappa shape index (κ2) is 11.6. The number of aryl methyl sites for hydroxylation is 1. The summed E-state index contributed by atoms with van der Waals surface area (Å²) in [5.41, 5.74) is 4.66. The third kappa shape index (κ3) is 6.94. The van der Waals surface area contributed by atoms with E-state index in [-0.39, 0.29) is 29.1 Å². The van der Waals surface area contributed by atoms with Gasteiger partial charge in [0.05, 0.1) is 16.6 Å². The fourth-order valence-electron chi connectivity index (χ4n) is 5.49. The van der Waals surface area contributed by atoms with Crippen molar-refractivity contribution in [3.05, 3.63) is 89.0 Å². The van der Waals surface area contributed by atoms with Crippen LogP contribution in [0.2, 0.25) is 0 Å². The Hall–Kier alpha value is -3.04. The predicted octanol–water partition coefficient (Wildman–Crippen LogP) is 4.51. The molecule has 1 unspecified atom stereocenters. The first kappa shape index (κ1) is 29.0. The molecule has 0 radical (unpaired) electrons. The number of hydrogen-bond donors (Lipinski definition) is 3. The van der Waals surface area contributed by atoms with E-state index in [9.17, 15) is 23.4 Å². The number of carboxylic acid groups (broad SMARTS) is 1. The average molecular weight is 551 g/mol. The summed E-state index contributed by atoms with van der Waals surface area (Å²) in [6.07, 6.45) is 2.19. The Morgan fingerprint density at radius 3 is 2.31 bits per heavy atom. The third-order valence-corrected chi connectivity index (χ3v) is 9.38. The number of sulfonamides is 1. The molecule has 39 heavy (non-hydrogen) atoms. The molecule has 0 bridgehead atoms. The molecule has 0 aliphatic heterocycles. The highest BCUT2D eigenvalue weighted by atomic mass is 32.2. The second-order valence-corrected chi connectivity index (χ2v) is 13.4. The fraction of sp³-hybridized carbons (Fsp3) is 0.387. The normalized spacial score (nSPS) is 14.9. The maximum absolute atomic E-state index is 13.3. The number of hydrogen-bond acceptors (Lipinski definition) is 5. The van der Waals surface area contributed by atoms with E-state index in [1.807, 2.05) is 0 Å². The molecule has 3 aromatic carbocycles. The lowest BCUT2D eigenvalue weighted by molar-refractivity contribution is 0.0696. The number of benzene rings is 3. The van der Waals surface area contributed by atoms with Gasteiger partial charge in [-0.25, -0.2) is 13.2 Å². The van der Waals surface area contributed by atoms with Gasteiger partial charge in [-0.2, -0.15) is 4.31 Å². The topological polar surface area (TPSA) is 107 Å². The third-order valence-electron chi connectivity index (χ3n) is 7.56. The summed E-state index contributed by atoms with van der Waals surface area (Å²) in [7, 11) is -2.41. The van der Waals surface area contributed by atoms with Gasteiger partial charge in [-0.05, 0) is 92.0 Å². The Bertz CT molecular complexity index is 1430. The minimum absolute atomic E-state index is 0.0573. The molecule has 208 valence electrons. The Balaban J connectivity index is 1.36. The van der Waals surface area contributed by atoms with Crippen LogP contribution in [0.5, 0.6) is 0 Å². The zero-order valence-electron chi connectivity index (χ0n) is 23.0. The van der Waals surface area contributed by atoms with E-state index in [0.717, 1.165) is 23.6 Å². The number of aliphatic hydroxyl groups excluding tert-OH is 1. The number of nitrogens with zero attached hydrogens (tertiary/aromatic N) is 1. The summed E-state index contributed by atoms with van der Waals surface area (Å²) < 4.78 is 27.8. The van der Waals surface area contributed by atoms with Crippen LogP contribution < -0.4 is 5.32 Å². The monoisotopic (exact) mass is 550 g/mol. The number of carboxylic acids is 1.